The Kier molecular flexibility index (Phi) is 1.17. The van der Waals surface area contributed by atoms with E-state index in [1.165, 1.54) is 38.5 Å². The summed E-state index contributed by atoms with van der Waals surface area (Å²) in [6.45, 7) is 2.39. The van der Waals surface area contributed by atoms with Crippen molar-refractivity contribution in [1.29, 1.82) is 0 Å². The molecule has 0 saturated heterocycles. The Morgan fingerprint density at radius 3 is 2.10 bits per heavy atom. The van der Waals surface area contributed by atoms with E-state index in [9.17, 15) is 0 Å². The zero-order valence-electron chi connectivity index (χ0n) is 6.82. The van der Waals surface area contributed by atoms with Crippen molar-refractivity contribution in [2.45, 2.75) is 51.0 Å². The highest BCUT2D eigenvalue weighted by atomic mass is 14.8. The average molecular weight is 139 g/mol. The van der Waals surface area contributed by atoms with Crippen molar-refractivity contribution in [3.05, 3.63) is 0 Å². The molecule has 0 heterocycles. The van der Waals surface area contributed by atoms with Crippen LogP contribution in [-0.4, -0.2) is 5.54 Å². The zero-order chi connectivity index (χ0) is 7.24. The number of hydrogen-bond acceptors (Lipinski definition) is 1. The summed E-state index contributed by atoms with van der Waals surface area (Å²) in [6.07, 6.45) is 8.12. The van der Waals surface area contributed by atoms with Gasteiger partial charge in [-0.2, -0.15) is 0 Å². The predicted octanol–water partition coefficient (Wildman–Crippen LogP) is 2.06. The lowest BCUT2D eigenvalue weighted by atomic mass is 9.98. The molecule has 2 aliphatic rings. The van der Waals surface area contributed by atoms with Crippen LogP contribution in [0.25, 0.3) is 0 Å². The lowest BCUT2D eigenvalue weighted by Gasteiger charge is -2.11. The molecule has 10 heavy (non-hydrogen) atoms. The van der Waals surface area contributed by atoms with E-state index in [1.807, 2.05) is 0 Å². The van der Waals surface area contributed by atoms with E-state index < -0.39 is 0 Å². The van der Waals surface area contributed by atoms with Crippen molar-refractivity contribution in [3.63, 3.8) is 0 Å². The monoisotopic (exact) mass is 139 g/mol. The Morgan fingerprint density at radius 1 is 1.10 bits per heavy atom. The molecule has 58 valence electrons. The molecule has 2 N–H and O–H groups in total. The van der Waals surface area contributed by atoms with Crippen molar-refractivity contribution in [2.75, 3.05) is 0 Å². The third kappa shape index (κ3) is 1.34. The van der Waals surface area contributed by atoms with Crippen molar-refractivity contribution in [3.8, 4) is 0 Å². The van der Waals surface area contributed by atoms with Crippen molar-refractivity contribution in [1.82, 2.24) is 0 Å². The molecule has 2 saturated carbocycles. The van der Waals surface area contributed by atoms with Gasteiger partial charge in [0.15, 0.2) is 0 Å². The fraction of sp³-hybridized carbons (Fsp3) is 1.00. The first-order chi connectivity index (χ1) is 4.62. The molecule has 0 aromatic heterocycles. The maximum Gasteiger partial charge on any atom is 0.0155 e. The highest BCUT2D eigenvalue weighted by Crippen LogP contribution is 2.51. The Balaban J connectivity index is 1.72. The van der Waals surface area contributed by atoms with Gasteiger partial charge in [-0.25, -0.2) is 0 Å². The van der Waals surface area contributed by atoms with Crippen molar-refractivity contribution < 1.29 is 0 Å². The van der Waals surface area contributed by atoms with Gasteiger partial charge < -0.3 is 5.73 Å². The van der Waals surface area contributed by atoms with Crippen molar-refractivity contribution in [2.24, 2.45) is 11.1 Å². The predicted molar refractivity (Wildman–Crippen MR) is 42.7 cm³/mol. The van der Waals surface area contributed by atoms with Gasteiger partial charge >= 0.3 is 0 Å². The molecule has 0 aliphatic heterocycles. The lowest BCUT2D eigenvalue weighted by molar-refractivity contribution is 0.445. The summed E-state index contributed by atoms with van der Waals surface area (Å²) in [7, 11) is 0. The highest BCUT2D eigenvalue weighted by Gasteiger charge is 2.43. The second-order valence-electron chi connectivity index (χ2n) is 4.67. The Labute approximate surface area is 63.0 Å². The van der Waals surface area contributed by atoms with Crippen LogP contribution in [0.15, 0.2) is 0 Å². The van der Waals surface area contributed by atoms with Crippen LogP contribution < -0.4 is 5.73 Å². The third-order valence-electron chi connectivity index (χ3n) is 3.22. The summed E-state index contributed by atoms with van der Waals surface area (Å²) in [5.41, 5.74) is 7.00. The van der Waals surface area contributed by atoms with E-state index in [-0.39, 0.29) is 0 Å². The molecule has 1 nitrogen and oxygen atoms in total. The second-order valence-corrected chi connectivity index (χ2v) is 4.67. The summed E-state index contributed by atoms with van der Waals surface area (Å²) >= 11 is 0. The van der Waals surface area contributed by atoms with Gasteiger partial charge in [0, 0.05) is 5.54 Å². The molecule has 2 fully saturated rings. The van der Waals surface area contributed by atoms with E-state index in [0.717, 1.165) is 5.41 Å². The zero-order valence-corrected chi connectivity index (χ0v) is 6.82. The first-order valence-electron chi connectivity index (χ1n) is 4.41. The number of nitrogens with two attached hydrogens (primary N) is 1. The Hall–Kier alpha value is -0.0400. The minimum atomic E-state index is 0.297. The van der Waals surface area contributed by atoms with Crippen LogP contribution in [0.1, 0.15) is 45.4 Å². The largest absolute Gasteiger partial charge is 0.325 e. The van der Waals surface area contributed by atoms with Gasteiger partial charge in [-0.1, -0.05) is 6.92 Å². The maximum atomic E-state index is 5.98. The van der Waals surface area contributed by atoms with E-state index in [2.05, 4.69) is 6.92 Å². The maximum absolute atomic E-state index is 5.98. The highest BCUT2D eigenvalue weighted by molar-refractivity contribution is 5.01. The van der Waals surface area contributed by atoms with Crippen LogP contribution >= 0.6 is 0 Å². The van der Waals surface area contributed by atoms with Gasteiger partial charge in [0.05, 0.1) is 0 Å². The van der Waals surface area contributed by atoms with Crippen LogP contribution in [0.3, 0.4) is 0 Å². The first kappa shape index (κ1) is 6.66. The molecule has 0 aromatic rings. The van der Waals surface area contributed by atoms with Crippen LogP contribution in [-0.2, 0) is 0 Å². The summed E-state index contributed by atoms with van der Waals surface area (Å²) in [5, 5.41) is 0. The Morgan fingerprint density at radius 2 is 1.70 bits per heavy atom. The van der Waals surface area contributed by atoms with Gasteiger partial charge in [-0.15, -0.1) is 0 Å². The van der Waals surface area contributed by atoms with E-state index in [1.54, 1.807) is 0 Å². The van der Waals surface area contributed by atoms with Gasteiger partial charge in [0.2, 0.25) is 0 Å². The molecule has 0 amide bonds. The number of rotatable bonds is 3. The second kappa shape index (κ2) is 1.76. The topological polar surface area (TPSA) is 26.0 Å². The number of hydrogen-bond donors (Lipinski definition) is 1. The Bertz CT molecular complexity index is 125. The smallest absolute Gasteiger partial charge is 0.0155 e. The van der Waals surface area contributed by atoms with Gasteiger partial charge in [-0.05, 0) is 43.9 Å². The molecule has 1 heteroatoms. The standard InChI is InChI=1S/C9H17N/c1-8(2-3-8)4-5-9(10)6-7-9/h2-7,10H2,1H3. The summed E-state index contributed by atoms with van der Waals surface area (Å²) in [4.78, 5) is 0. The fourth-order valence-corrected chi connectivity index (χ4v) is 1.42. The van der Waals surface area contributed by atoms with Gasteiger partial charge in [0.1, 0.15) is 0 Å². The minimum absolute atomic E-state index is 0.297. The van der Waals surface area contributed by atoms with E-state index in [4.69, 9.17) is 5.73 Å². The SMILES string of the molecule is CC1(CCC2(N)CC2)CC1. The molecule has 0 aromatic carbocycles. The summed E-state index contributed by atoms with van der Waals surface area (Å²) in [5.74, 6) is 0. The molecule has 0 bridgehead atoms. The summed E-state index contributed by atoms with van der Waals surface area (Å²) < 4.78 is 0. The van der Waals surface area contributed by atoms with E-state index in [0.29, 0.717) is 5.54 Å². The molecule has 0 atom stereocenters. The molecule has 0 radical (unpaired) electrons. The van der Waals surface area contributed by atoms with Crippen LogP contribution in [0.4, 0.5) is 0 Å². The first-order valence-corrected chi connectivity index (χ1v) is 4.41. The van der Waals surface area contributed by atoms with Crippen LogP contribution in [0.5, 0.6) is 0 Å². The van der Waals surface area contributed by atoms with Gasteiger partial charge in [0.25, 0.3) is 0 Å². The normalized spacial score (nSPS) is 31.8. The lowest BCUT2D eigenvalue weighted by Crippen LogP contribution is -2.22. The van der Waals surface area contributed by atoms with Crippen LogP contribution in [0.2, 0.25) is 0 Å². The molecular weight excluding hydrogens is 122 g/mol. The molecule has 2 rings (SSSR count). The molecular formula is C9H17N. The van der Waals surface area contributed by atoms with Crippen molar-refractivity contribution >= 4 is 0 Å². The van der Waals surface area contributed by atoms with Crippen LogP contribution in [0, 0.1) is 5.41 Å². The van der Waals surface area contributed by atoms with E-state index >= 15 is 0 Å². The minimum Gasteiger partial charge on any atom is -0.325 e. The third-order valence-corrected chi connectivity index (χ3v) is 3.22. The molecule has 0 unspecified atom stereocenters. The quantitative estimate of drug-likeness (QED) is 0.636. The van der Waals surface area contributed by atoms with Gasteiger partial charge in [-0.3, -0.25) is 0 Å². The summed E-state index contributed by atoms with van der Waals surface area (Å²) in [6, 6.07) is 0. The fourth-order valence-electron chi connectivity index (χ4n) is 1.42. The average Bonchev–Trinajstić information content (AvgIpc) is 2.72. The molecule has 2 aliphatic carbocycles. The molecule has 0 spiro atoms.